The number of methoxy groups -OCH3 is 1. The van der Waals surface area contributed by atoms with Gasteiger partial charge >= 0.3 is 6.18 Å². The van der Waals surface area contributed by atoms with Gasteiger partial charge < -0.3 is 15.3 Å². The molecule has 0 saturated carbocycles. The fraction of sp³-hybridized carbons (Fsp3) is 0.188. The highest BCUT2D eigenvalue weighted by Crippen LogP contribution is 2.29. The zero-order valence-corrected chi connectivity index (χ0v) is 12.3. The summed E-state index contributed by atoms with van der Waals surface area (Å²) < 4.78 is 42.4. The van der Waals surface area contributed by atoms with Crippen molar-refractivity contribution in [2.75, 3.05) is 7.11 Å². The average molecular weight is 324 g/mol. The minimum Gasteiger partial charge on any atom is -0.497 e. The Balaban J connectivity index is 1.94. The van der Waals surface area contributed by atoms with Crippen molar-refractivity contribution < 1.29 is 22.7 Å². The molecule has 2 aromatic carbocycles. The fourth-order valence-electron chi connectivity index (χ4n) is 1.78. The molecule has 0 aromatic heterocycles. The van der Waals surface area contributed by atoms with Crippen LogP contribution < -0.4 is 10.5 Å². The highest BCUT2D eigenvalue weighted by molar-refractivity contribution is 5.97. The van der Waals surface area contributed by atoms with E-state index in [-0.39, 0.29) is 12.4 Å². The Kier molecular flexibility index (Phi) is 5.10. The predicted octanol–water partition coefficient (Wildman–Crippen LogP) is 3.55. The molecule has 122 valence electrons. The Hall–Kier alpha value is -2.70. The first kappa shape index (κ1) is 16.7. The van der Waals surface area contributed by atoms with E-state index >= 15 is 0 Å². The van der Waals surface area contributed by atoms with Crippen molar-refractivity contribution in [2.24, 2.45) is 10.9 Å². The van der Waals surface area contributed by atoms with E-state index in [0.717, 1.165) is 12.1 Å². The number of oxime groups is 1. The molecule has 0 aliphatic rings. The van der Waals surface area contributed by atoms with Crippen LogP contribution in [0.15, 0.2) is 53.7 Å². The number of rotatable bonds is 5. The summed E-state index contributed by atoms with van der Waals surface area (Å²) in [5.41, 5.74) is 6.27. The van der Waals surface area contributed by atoms with Crippen LogP contribution in [0.2, 0.25) is 0 Å². The van der Waals surface area contributed by atoms with Crippen LogP contribution in [-0.2, 0) is 17.6 Å². The van der Waals surface area contributed by atoms with E-state index in [4.69, 9.17) is 15.3 Å². The molecule has 0 amide bonds. The van der Waals surface area contributed by atoms with Crippen molar-refractivity contribution >= 4 is 5.84 Å². The van der Waals surface area contributed by atoms with Gasteiger partial charge in [0.05, 0.1) is 12.7 Å². The molecule has 2 aromatic rings. The molecule has 0 aliphatic heterocycles. The van der Waals surface area contributed by atoms with Crippen LogP contribution in [0, 0.1) is 0 Å². The van der Waals surface area contributed by atoms with Crippen molar-refractivity contribution in [3.05, 3.63) is 65.2 Å². The van der Waals surface area contributed by atoms with Crippen LogP contribution in [0.4, 0.5) is 13.2 Å². The second-order valence-corrected chi connectivity index (χ2v) is 4.67. The largest absolute Gasteiger partial charge is 0.497 e. The molecular formula is C16H15F3N2O2. The van der Waals surface area contributed by atoms with E-state index in [0.29, 0.717) is 16.9 Å². The predicted molar refractivity (Wildman–Crippen MR) is 80.0 cm³/mol. The van der Waals surface area contributed by atoms with E-state index in [1.165, 1.54) is 12.1 Å². The number of nitrogens with two attached hydrogens (primary N) is 1. The van der Waals surface area contributed by atoms with Crippen molar-refractivity contribution in [3.8, 4) is 5.75 Å². The summed E-state index contributed by atoms with van der Waals surface area (Å²) in [4.78, 5) is 5.07. The minimum absolute atomic E-state index is 0.0228. The van der Waals surface area contributed by atoms with Gasteiger partial charge in [-0.2, -0.15) is 13.2 Å². The normalized spacial score (nSPS) is 12.1. The monoisotopic (exact) mass is 324 g/mol. The number of hydrogen-bond donors (Lipinski definition) is 1. The lowest BCUT2D eigenvalue weighted by atomic mass is 10.1. The maximum Gasteiger partial charge on any atom is 0.416 e. The van der Waals surface area contributed by atoms with Gasteiger partial charge in [-0.05, 0) is 42.0 Å². The van der Waals surface area contributed by atoms with E-state index in [9.17, 15) is 13.2 Å². The maximum absolute atomic E-state index is 12.4. The van der Waals surface area contributed by atoms with E-state index < -0.39 is 11.7 Å². The smallest absolute Gasteiger partial charge is 0.416 e. The summed E-state index contributed by atoms with van der Waals surface area (Å²) in [5.74, 6) is 0.854. The van der Waals surface area contributed by atoms with Crippen LogP contribution >= 0.6 is 0 Å². The Bertz CT molecular complexity index is 665. The van der Waals surface area contributed by atoms with E-state index in [1.807, 2.05) is 0 Å². The van der Waals surface area contributed by atoms with Crippen molar-refractivity contribution in [1.29, 1.82) is 0 Å². The van der Waals surface area contributed by atoms with Gasteiger partial charge in [0.1, 0.15) is 12.4 Å². The molecule has 0 spiro atoms. The Morgan fingerprint density at radius 3 is 2.17 bits per heavy atom. The lowest BCUT2D eigenvalue weighted by molar-refractivity contribution is -0.137. The molecule has 0 heterocycles. The molecular weight excluding hydrogens is 309 g/mol. The number of benzene rings is 2. The van der Waals surface area contributed by atoms with Crippen LogP contribution in [-0.4, -0.2) is 12.9 Å². The molecule has 0 unspecified atom stereocenters. The summed E-state index contributed by atoms with van der Waals surface area (Å²) in [6.45, 7) is 0.0228. The Labute approximate surface area is 131 Å². The zero-order valence-electron chi connectivity index (χ0n) is 12.3. The van der Waals surface area contributed by atoms with Crippen molar-refractivity contribution in [2.45, 2.75) is 12.8 Å². The molecule has 0 fully saturated rings. The highest BCUT2D eigenvalue weighted by atomic mass is 19.4. The molecule has 23 heavy (non-hydrogen) atoms. The summed E-state index contributed by atoms with van der Waals surface area (Å²) in [6.07, 6.45) is -4.35. The fourth-order valence-corrected chi connectivity index (χ4v) is 1.78. The lowest BCUT2D eigenvalue weighted by Crippen LogP contribution is -2.13. The van der Waals surface area contributed by atoms with Gasteiger partial charge in [0, 0.05) is 5.56 Å². The average Bonchev–Trinajstić information content (AvgIpc) is 2.54. The van der Waals surface area contributed by atoms with E-state index in [2.05, 4.69) is 5.16 Å². The minimum atomic E-state index is -4.35. The van der Waals surface area contributed by atoms with Crippen LogP contribution in [0.1, 0.15) is 16.7 Å². The summed E-state index contributed by atoms with van der Waals surface area (Å²) in [6, 6.07) is 11.6. The summed E-state index contributed by atoms with van der Waals surface area (Å²) in [5, 5.41) is 3.75. The number of ether oxygens (including phenoxy) is 1. The van der Waals surface area contributed by atoms with Gasteiger partial charge in [0.2, 0.25) is 0 Å². The number of hydrogen-bond acceptors (Lipinski definition) is 3. The first-order chi connectivity index (χ1) is 10.9. The Morgan fingerprint density at radius 2 is 1.65 bits per heavy atom. The molecule has 0 saturated heterocycles. The third-order valence-corrected chi connectivity index (χ3v) is 3.06. The van der Waals surface area contributed by atoms with Crippen molar-refractivity contribution in [1.82, 2.24) is 0 Å². The number of nitrogens with zero attached hydrogens (tertiary/aromatic N) is 1. The lowest BCUT2D eigenvalue weighted by Gasteiger charge is -2.07. The van der Waals surface area contributed by atoms with Gasteiger partial charge in [-0.25, -0.2) is 0 Å². The van der Waals surface area contributed by atoms with Crippen LogP contribution in [0.25, 0.3) is 0 Å². The molecule has 2 rings (SSSR count). The molecule has 0 atom stereocenters. The van der Waals surface area contributed by atoms with Crippen LogP contribution in [0.5, 0.6) is 5.75 Å². The van der Waals surface area contributed by atoms with Gasteiger partial charge in [0.25, 0.3) is 0 Å². The molecule has 0 aliphatic carbocycles. The highest BCUT2D eigenvalue weighted by Gasteiger charge is 2.29. The first-order valence-electron chi connectivity index (χ1n) is 6.66. The van der Waals surface area contributed by atoms with E-state index in [1.54, 1.807) is 31.4 Å². The third-order valence-electron chi connectivity index (χ3n) is 3.06. The second-order valence-electron chi connectivity index (χ2n) is 4.67. The van der Waals surface area contributed by atoms with Gasteiger partial charge in [-0.3, -0.25) is 0 Å². The quantitative estimate of drug-likeness (QED) is 0.520. The van der Waals surface area contributed by atoms with Gasteiger partial charge in [-0.1, -0.05) is 17.3 Å². The number of amidine groups is 1. The topological polar surface area (TPSA) is 56.8 Å². The second kappa shape index (κ2) is 7.04. The van der Waals surface area contributed by atoms with Crippen molar-refractivity contribution in [3.63, 3.8) is 0 Å². The summed E-state index contributed by atoms with van der Waals surface area (Å²) >= 11 is 0. The SMILES string of the molecule is COc1ccc(C(N)=NOCc2ccc(C(F)(F)F)cc2)cc1. The summed E-state index contributed by atoms with van der Waals surface area (Å²) in [7, 11) is 1.56. The molecule has 4 nitrogen and oxygen atoms in total. The Morgan fingerprint density at radius 1 is 1.04 bits per heavy atom. The number of halogens is 3. The molecule has 0 bridgehead atoms. The van der Waals surface area contributed by atoms with Crippen LogP contribution in [0.3, 0.4) is 0 Å². The molecule has 0 radical (unpaired) electrons. The van der Waals surface area contributed by atoms with Gasteiger partial charge in [-0.15, -0.1) is 0 Å². The third kappa shape index (κ3) is 4.64. The number of alkyl halides is 3. The molecule has 7 heteroatoms. The zero-order chi connectivity index (χ0) is 16.9. The van der Waals surface area contributed by atoms with Gasteiger partial charge in [0.15, 0.2) is 5.84 Å². The molecule has 2 N–H and O–H groups in total. The standard InChI is InChI=1S/C16H15F3N2O2/c1-22-14-8-4-12(5-9-14)15(20)21-23-10-11-2-6-13(7-3-11)16(17,18)19/h2-9H,10H2,1H3,(H2,20,21). The maximum atomic E-state index is 12.4. The first-order valence-corrected chi connectivity index (χ1v) is 6.66.